The van der Waals surface area contributed by atoms with E-state index in [0.29, 0.717) is 23.7 Å². The zero-order valence-corrected chi connectivity index (χ0v) is 30.5. The van der Waals surface area contributed by atoms with Gasteiger partial charge in [-0.1, -0.05) is 20.3 Å². The van der Waals surface area contributed by atoms with Crippen molar-refractivity contribution in [1.82, 2.24) is 29.1 Å². The summed E-state index contributed by atoms with van der Waals surface area (Å²) in [7, 11) is 2.86. The number of alkyl halides is 6. The van der Waals surface area contributed by atoms with E-state index in [1.807, 2.05) is 6.92 Å². The zero-order chi connectivity index (χ0) is 40.4. The lowest BCUT2D eigenvalue weighted by Crippen LogP contribution is -2.28. The second-order valence-electron chi connectivity index (χ2n) is 13.0. The van der Waals surface area contributed by atoms with E-state index >= 15 is 0 Å². The normalized spacial score (nSPS) is 13.8. The van der Waals surface area contributed by atoms with Crippen molar-refractivity contribution in [3.8, 4) is 22.9 Å². The molecule has 294 valence electrons. The van der Waals surface area contributed by atoms with Crippen LogP contribution in [0.15, 0.2) is 73.1 Å². The molecule has 0 radical (unpaired) electrons. The first kappa shape index (κ1) is 39.5. The van der Waals surface area contributed by atoms with Crippen LogP contribution in [0.1, 0.15) is 51.2 Å². The Kier molecular flexibility index (Phi) is 11.2. The van der Waals surface area contributed by atoms with E-state index in [-0.39, 0.29) is 62.9 Å². The highest BCUT2D eigenvalue weighted by Crippen LogP contribution is 2.36. The van der Waals surface area contributed by atoms with Gasteiger partial charge in [-0.3, -0.25) is 18.7 Å². The summed E-state index contributed by atoms with van der Waals surface area (Å²) in [5.41, 5.74) is 1.24. The lowest BCUT2D eigenvalue weighted by Gasteiger charge is -2.23. The van der Waals surface area contributed by atoms with Gasteiger partial charge >= 0.3 is 12.4 Å². The maximum absolute atomic E-state index is 13.5. The number of imidazole rings is 2. The summed E-state index contributed by atoms with van der Waals surface area (Å²) in [4.78, 5) is 39.6. The van der Waals surface area contributed by atoms with Crippen molar-refractivity contribution < 1.29 is 45.4 Å². The largest absolute Gasteiger partial charge is 0.497 e. The van der Waals surface area contributed by atoms with Gasteiger partial charge in [0, 0.05) is 24.0 Å². The van der Waals surface area contributed by atoms with Gasteiger partial charge in [0.25, 0.3) is 0 Å². The highest BCUT2D eigenvalue weighted by atomic mass is 19.4. The van der Waals surface area contributed by atoms with E-state index < -0.39 is 24.0 Å². The fourth-order valence-electron chi connectivity index (χ4n) is 5.80. The lowest BCUT2D eigenvalue weighted by molar-refractivity contribution is -0.146. The number of hydrogen-bond donors (Lipinski definition) is 2. The molecule has 4 aromatic heterocycles. The average Bonchev–Trinajstić information content (AvgIpc) is 3.74. The zero-order valence-electron chi connectivity index (χ0n) is 30.5. The number of halogens is 6. The fourth-order valence-corrected chi connectivity index (χ4v) is 5.80. The number of benzene rings is 2. The molecule has 7 rings (SSSR count). The second-order valence-corrected chi connectivity index (χ2v) is 13.0. The van der Waals surface area contributed by atoms with Crippen LogP contribution in [0, 0.1) is 11.8 Å². The molecule has 0 aliphatic heterocycles. The number of methoxy groups -OCH3 is 2. The number of ether oxygens (including phenoxy) is 2. The molecule has 1 atom stereocenters. The number of anilines is 2. The number of nitrogens with one attached hydrogen (secondary N) is 2. The average molecular weight is 783 g/mol. The van der Waals surface area contributed by atoms with Gasteiger partial charge in [0.1, 0.15) is 23.1 Å². The quantitative estimate of drug-likeness (QED) is 0.139. The molecule has 4 heterocycles. The van der Waals surface area contributed by atoms with Gasteiger partial charge in [0.15, 0.2) is 0 Å². The molecule has 1 saturated carbocycles. The summed E-state index contributed by atoms with van der Waals surface area (Å²) in [6, 6.07) is 14.9. The SMILES string of the molecule is CCC(C)C(=O)Nc1ccc(-n2c(C(F)(F)F)nc3cc(OC)ccc32)cn1.COc1ccc2c(c1)nc(C(F)(F)F)n2-c1ccc(NC(=O)C2CCC2)nc1. The maximum atomic E-state index is 13.5. The summed E-state index contributed by atoms with van der Waals surface area (Å²) in [6.07, 6.45) is -3.35. The van der Waals surface area contributed by atoms with E-state index in [2.05, 4.69) is 30.6 Å². The Labute approximate surface area is 315 Å². The summed E-state index contributed by atoms with van der Waals surface area (Å²) in [5.74, 6) is -1.21. The van der Waals surface area contributed by atoms with Gasteiger partial charge in [-0.05, 0) is 67.8 Å². The Morgan fingerprint density at radius 3 is 1.57 bits per heavy atom. The third-order valence-corrected chi connectivity index (χ3v) is 9.28. The molecule has 0 spiro atoms. The van der Waals surface area contributed by atoms with Gasteiger partial charge in [0.2, 0.25) is 23.5 Å². The second kappa shape index (κ2) is 15.9. The van der Waals surface area contributed by atoms with Crippen LogP contribution in [-0.4, -0.2) is 55.1 Å². The number of carbonyl (C=O) groups excluding carboxylic acids is 2. The summed E-state index contributed by atoms with van der Waals surface area (Å²) >= 11 is 0. The van der Waals surface area contributed by atoms with Crippen LogP contribution < -0.4 is 20.1 Å². The van der Waals surface area contributed by atoms with Crippen molar-refractivity contribution in [2.75, 3.05) is 24.9 Å². The van der Waals surface area contributed by atoms with E-state index in [4.69, 9.17) is 9.47 Å². The third-order valence-electron chi connectivity index (χ3n) is 9.28. The monoisotopic (exact) mass is 782 g/mol. The van der Waals surface area contributed by atoms with Crippen molar-refractivity contribution in [2.24, 2.45) is 11.8 Å². The van der Waals surface area contributed by atoms with Gasteiger partial charge < -0.3 is 20.1 Å². The van der Waals surface area contributed by atoms with E-state index in [9.17, 15) is 35.9 Å². The molecular weight excluding hydrogens is 746 g/mol. The standard InChI is InChI=1S/C19H17F3N4O2.C19H19F3N4O2/c1-28-13-6-7-15-14(9-13)24-18(19(20,21)22)26(15)12-5-8-16(23-10-12)25-17(27)11-3-2-4-11;1-4-11(2)17(27)25-16-8-5-12(10-23-16)26-15-7-6-13(28-3)9-14(15)24-18(26)19(20,21)22/h5-11H,2-4H2,1H3,(H,23,25,27);5-11H,4H2,1-3H3,(H,23,25,27). The van der Waals surface area contributed by atoms with Gasteiger partial charge in [-0.15, -0.1) is 0 Å². The molecular formula is C38H36F6N8O4. The number of amides is 2. The molecule has 18 heteroatoms. The molecule has 1 aliphatic carbocycles. The smallest absolute Gasteiger partial charge is 0.450 e. The molecule has 2 amide bonds. The minimum absolute atomic E-state index is 0.00844. The van der Waals surface area contributed by atoms with Crippen molar-refractivity contribution in [3.05, 3.63) is 84.7 Å². The first-order valence-corrected chi connectivity index (χ1v) is 17.4. The first-order valence-electron chi connectivity index (χ1n) is 17.4. The van der Waals surface area contributed by atoms with E-state index in [1.54, 1.807) is 19.1 Å². The molecule has 2 N–H and O–H groups in total. The van der Waals surface area contributed by atoms with E-state index in [1.165, 1.54) is 75.1 Å². The van der Waals surface area contributed by atoms with Crippen LogP contribution >= 0.6 is 0 Å². The minimum Gasteiger partial charge on any atom is -0.497 e. The minimum atomic E-state index is -4.66. The number of rotatable bonds is 9. The van der Waals surface area contributed by atoms with Gasteiger partial charge in [-0.2, -0.15) is 26.3 Å². The summed E-state index contributed by atoms with van der Waals surface area (Å²) in [6.45, 7) is 3.67. The van der Waals surface area contributed by atoms with E-state index in [0.717, 1.165) is 28.4 Å². The summed E-state index contributed by atoms with van der Waals surface area (Å²) in [5, 5.41) is 5.35. The van der Waals surface area contributed by atoms with Crippen LogP contribution in [-0.2, 0) is 21.9 Å². The predicted molar refractivity (Wildman–Crippen MR) is 195 cm³/mol. The number of fused-ring (bicyclic) bond motifs is 2. The Balaban J connectivity index is 0.000000190. The third kappa shape index (κ3) is 8.38. The van der Waals surface area contributed by atoms with Crippen molar-refractivity contribution >= 4 is 45.5 Å². The Hall–Kier alpha value is -6.20. The van der Waals surface area contributed by atoms with Gasteiger partial charge in [0.05, 0.1) is 60.1 Å². The Morgan fingerprint density at radius 1 is 0.750 bits per heavy atom. The van der Waals surface area contributed by atoms with Gasteiger partial charge in [-0.25, -0.2) is 19.9 Å². The number of aromatic nitrogens is 6. The molecule has 12 nitrogen and oxygen atoms in total. The van der Waals surface area contributed by atoms with Crippen LogP contribution in [0.25, 0.3) is 33.4 Å². The molecule has 1 aliphatic rings. The van der Waals surface area contributed by atoms with Crippen molar-refractivity contribution in [1.29, 1.82) is 0 Å². The van der Waals surface area contributed by atoms with Crippen molar-refractivity contribution in [3.63, 3.8) is 0 Å². The maximum Gasteiger partial charge on any atom is 0.450 e. The van der Waals surface area contributed by atoms with Crippen LogP contribution in [0.2, 0.25) is 0 Å². The molecule has 1 fully saturated rings. The van der Waals surface area contributed by atoms with Crippen LogP contribution in [0.4, 0.5) is 38.0 Å². The highest BCUT2D eigenvalue weighted by molar-refractivity contribution is 5.92. The van der Waals surface area contributed by atoms with Crippen LogP contribution in [0.3, 0.4) is 0 Å². The molecule has 0 bridgehead atoms. The molecule has 0 saturated heterocycles. The fraction of sp³-hybridized carbons (Fsp3) is 0.316. The molecule has 1 unspecified atom stereocenters. The lowest BCUT2D eigenvalue weighted by atomic mass is 9.85. The number of carbonyl (C=O) groups is 2. The van der Waals surface area contributed by atoms with Crippen molar-refractivity contribution in [2.45, 2.75) is 51.9 Å². The van der Waals surface area contributed by atoms with Crippen LogP contribution in [0.5, 0.6) is 11.5 Å². The molecule has 56 heavy (non-hydrogen) atoms. The Morgan fingerprint density at radius 2 is 1.21 bits per heavy atom. The Bertz CT molecular complexity index is 2190. The summed E-state index contributed by atoms with van der Waals surface area (Å²) < 4.78 is 93.4. The predicted octanol–water partition coefficient (Wildman–Crippen LogP) is 8.62. The first-order chi connectivity index (χ1) is 26.6. The number of pyridine rings is 2. The highest BCUT2D eigenvalue weighted by Gasteiger charge is 2.39. The number of hydrogen-bond acceptors (Lipinski definition) is 8. The molecule has 2 aromatic carbocycles. The molecule has 6 aromatic rings. The topological polar surface area (TPSA) is 138 Å². The number of nitrogens with zero attached hydrogens (tertiary/aromatic N) is 6.